The number of halogens is 1. The highest BCUT2D eigenvalue weighted by molar-refractivity contribution is 9.09. The van der Waals surface area contributed by atoms with Gasteiger partial charge in [0.2, 0.25) is 5.91 Å². The molecule has 0 unspecified atom stereocenters. The van der Waals surface area contributed by atoms with Crippen LogP contribution in [0, 0.1) is 16.2 Å². The van der Waals surface area contributed by atoms with Crippen LogP contribution >= 0.6 is 15.9 Å². The van der Waals surface area contributed by atoms with Crippen LogP contribution in [-0.2, 0) is 9.59 Å². The maximum Gasteiger partial charge on any atom is 0.227 e. The molecular weight excluding hydrogens is 296 g/mol. The number of carbonyl (C=O) groups is 2. The lowest BCUT2D eigenvalue weighted by atomic mass is 9.64. The molecule has 0 spiro atoms. The minimum atomic E-state index is -0.535. The number of hydrogen-bond acceptors (Lipinski definition) is 3. The number of carbonyl (C=O) groups excluding carboxylic acids is 2. The lowest BCUT2D eigenvalue weighted by Crippen LogP contribution is -2.48. The number of alkyl halides is 1. The summed E-state index contributed by atoms with van der Waals surface area (Å²) < 4.78 is 0. The van der Waals surface area contributed by atoms with Crippen molar-refractivity contribution in [2.24, 2.45) is 22.0 Å². The average molecular weight is 317 g/mol. The summed E-state index contributed by atoms with van der Waals surface area (Å²) in [4.78, 5) is 24.8. The molecule has 18 heavy (non-hydrogen) atoms. The molecule has 2 rings (SSSR count). The maximum atomic E-state index is 12.5. The van der Waals surface area contributed by atoms with Crippen LogP contribution in [0.2, 0.25) is 0 Å². The second-order valence-corrected chi connectivity index (χ2v) is 6.63. The molecule has 2 saturated carbocycles. The van der Waals surface area contributed by atoms with Crippen molar-refractivity contribution in [3.8, 4) is 0 Å². The minimum absolute atomic E-state index is 0.00613. The summed E-state index contributed by atoms with van der Waals surface area (Å²) in [6, 6.07) is 0. The molecule has 3 N–H and O–H groups in total. The van der Waals surface area contributed by atoms with Crippen molar-refractivity contribution in [3.63, 3.8) is 0 Å². The first kappa shape index (κ1) is 14.0. The number of rotatable bonds is 4. The summed E-state index contributed by atoms with van der Waals surface area (Å²) >= 11 is 3.49. The first-order valence-corrected chi connectivity index (χ1v) is 7.58. The molecule has 102 valence electrons. The van der Waals surface area contributed by atoms with Gasteiger partial charge in [-0.05, 0) is 18.3 Å². The van der Waals surface area contributed by atoms with Crippen LogP contribution in [0.15, 0.2) is 0 Å². The lowest BCUT2D eigenvalue weighted by molar-refractivity contribution is -0.136. The van der Waals surface area contributed by atoms with Gasteiger partial charge in [-0.25, -0.2) is 0 Å². The normalized spacial score (nSPS) is 37.0. The number of amides is 1. The van der Waals surface area contributed by atoms with Crippen LogP contribution < -0.4 is 11.1 Å². The number of nitrogens with one attached hydrogen (secondary N) is 1. The van der Waals surface area contributed by atoms with Gasteiger partial charge in [0.1, 0.15) is 5.78 Å². The van der Waals surface area contributed by atoms with E-state index < -0.39 is 5.41 Å². The van der Waals surface area contributed by atoms with Crippen molar-refractivity contribution in [1.82, 2.24) is 5.32 Å². The van der Waals surface area contributed by atoms with E-state index in [-0.39, 0.29) is 22.5 Å². The third-order valence-corrected chi connectivity index (χ3v) is 6.42. The predicted octanol–water partition coefficient (Wildman–Crippen LogP) is 1.22. The van der Waals surface area contributed by atoms with Crippen LogP contribution in [0.3, 0.4) is 0 Å². The molecule has 0 aromatic carbocycles. The van der Waals surface area contributed by atoms with Crippen molar-refractivity contribution < 1.29 is 9.59 Å². The minimum Gasteiger partial charge on any atom is -0.354 e. The third-order valence-electron chi connectivity index (χ3n) is 5.46. The summed E-state index contributed by atoms with van der Waals surface area (Å²) in [7, 11) is 0. The van der Waals surface area contributed by atoms with Gasteiger partial charge in [0.25, 0.3) is 0 Å². The van der Waals surface area contributed by atoms with Crippen LogP contribution in [0.25, 0.3) is 0 Å². The van der Waals surface area contributed by atoms with Gasteiger partial charge in [-0.3, -0.25) is 9.59 Å². The zero-order chi connectivity index (χ0) is 13.6. The smallest absolute Gasteiger partial charge is 0.227 e. The standard InChI is InChI=1S/C13H21BrN2O2/c1-11(2)12(10(18)16-6-5-15)3-4-13(11,8-14)9(17)7-12/h3-8,15H2,1-2H3,(H,16,18)/t12-,13-/m1/s1. The molecule has 0 aromatic heterocycles. The molecule has 4 nitrogen and oxygen atoms in total. The second kappa shape index (κ2) is 4.30. The van der Waals surface area contributed by atoms with E-state index in [1.807, 2.05) is 0 Å². The number of ketones is 1. The number of hydrogen-bond donors (Lipinski definition) is 2. The van der Waals surface area contributed by atoms with Crippen molar-refractivity contribution in [2.45, 2.75) is 33.1 Å². The van der Waals surface area contributed by atoms with Crippen LogP contribution in [0.1, 0.15) is 33.1 Å². The van der Waals surface area contributed by atoms with E-state index in [9.17, 15) is 9.59 Å². The Morgan fingerprint density at radius 2 is 2.11 bits per heavy atom. The van der Waals surface area contributed by atoms with Gasteiger partial charge in [-0.1, -0.05) is 29.8 Å². The molecule has 0 saturated heterocycles. The topological polar surface area (TPSA) is 72.2 Å². The highest BCUT2D eigenvalue weighted by Crippen LogP contribution is 2.71. The Hall–Kier alpha value is -0.420. The largest absolute Gasteiger partial charge is 0.354 e. The molecular formula is C13H21BrN2O2. The highest BCUT2D eigenvalue weighted by Gasteiger charge is 2.73. The van der Waals surface area contributed by atoms with Crippen molar-refractivity contribution in [2.75, 3.05) is 18.4 Å². The van der Waals surface area contributed by atoms with E-state index in [2.05, 4.69) is 35.1 Å². The Morgan fingerprint density at radius 1 is 1.44 bits per heavy atom. The zero-order valence-electron chi connectivity index (χ0n) is 11.0. The zero-order valence-corrected chi connectivity index (χ0v) is 12.6. The molecule has 2 fully saturated rings. The maximum absolute atomic E-state index is 12.5. The Labute approximate surface area is 116 Å². The Bertz CT molecular complexity index is 396. The van der Waals surface area contributed by atoms with E-state index in [4.69, 9.17) is 5.73 Å². The Balaban J connectivity index is 2.36. The Kier molecular flexibility index (Phi) is 3.35. The van der Waals surface area contributed by atoms with E-state index in [0.717, 1.165) is 12.8 Å². The average Bonchev–Trinajstić information content (AvgIpc) is 2.66. The Morgan fingerprint density at radius 3 is 2.56 bits per heavy atom. The van der Waals surface area contributed by atoms with Gasteiger partial charge in [-0.15, -0.1) is 0 Å². The van der Waals surface area contributed by atoms with E-state index in [1.165, 1.54) is 0 Å². The lowest BCUT2D eigenvalue weighted by Gasteiger charge is -2.39. The summed E-state index contributed by atoms with van der Waals surface area (Å²) in [5.74, 6) is 0.241. The number of Topliss-reactive ketones (excluding diaryl/α,β-unsaturated/α-hetero) is 1. The summed E-state index contributed by atoms with van der Waals surface area (Å²) in [6.07, 6.45) is 1.98. The molecule has 2 aliphatic rings. The van der Waals surface area contributed by atoms with Gasteiger partial charge >= 0.3 is 0 Å². The molecule has 0 heterocycles. The van der Waals surface area contributed by atoms with Crippen LogP contribution in [-0.4, -0.2) is 30.1 Å². The molecule has 2 atom stereocenters. The van der Waals surface area contributed by atoms with Gasteiger partial charge in [-0.2, -0.15) is 0 Å². The first-order valence-electron chi connectivity index (χ1n) is 6.46. The fraction of sp³-hybridized carbons (Fsp3) is 0.846. The van der Waals surface area contributed by atoms with Crippen LogP contribution in [0.4, 0.5) is 0 Å². The second-order valence-electron chi connectivity index (χ2n) is 6.07. The summed E-state index contributed by atoms with van der Waals surface area (Å²) in [5, 5.41) is 3.53. The monoisotopic (exact) mass is 316 g/mol. The fourth-order valence-corrected chi connectivity index (χ4v) is 5.19. The molecule has 0 aromatic rings. The third kappa shape index (κ3) is 1.40. The summed E-state index contributed by atoms with van der Waals surface area (Å²) in [6.45, 7) is 5.04. The van der Waals surface area contributed by atoms with E-state index in [0.29, 0.717) is 24.8 Å². The van der Waals surface area contributed by atoms with Gasteiger partial charge < -0.3 is 11.1 Å². The van der Waals surface area contributed by atoms with Crippen LogP contribution in [0.5, 0.6) is 0 Å². The molecule has 1 amide bonds. The van der Waals surface area contributed by atoms with Crippen molar-refractivity contribution in [3.05, 3.63) is 0 Å². The molecule has 2 aliphatic carbocycles. The molecule has 0 radical (unpaired) electrons. The van der Waals surface area contributed by atoms with E-state index >= 15 is 0 Å². The molecule has 0 aliphatic heterocycles. The van der Waals surface area contributed by atoms with Crippen molar-refractivity contribution >= 4 is 27.6 Å². The highest BCUT2D eigenvalue weighted by atomic mass is 79.9. The first-order chi connectivity index (χ1) is 8.38. The fourth-order valence-electron chi connectivity index (χ4n) is 3.89. The van der Waals surface area contributed by atoms with Gasteiger partial charge in [0, 0.05) is 30.3 Å². The van der Waals surface area contributed by atoms with Crippen molar-refractivity contribution in [1.29, 1.82) is 0 Å². The quantitative estimate of drug-likeness (QED) is 0.766. The summed E-state index contributed by atoms with van der Waals surface area (Å²) in [5.41, 5.74) is 4.23. The van der Waals surface area contributed by atoms with E-state index in [1.54, 1.807) is 0 Å². The molecule has 2 bridgehead atoms. The number of fused-ring (bicyclic) bond motifs is 2. The number of nitrogens with two attached hydrogens (primary N) is 1. The predicted molar refractivity (Wildman–Crippen MR) is 73.4 cm³/mol. The van der Waals surface area contributed by atoms with Gasteiger partial charge in [0.15, 0.2) is 0 Å². The molecule has 5 heteroatoms. The SMILES string of the molecule is CC1(C)[C@@]2(CBr)CC[C@]1(C(=O)NCCN)CC2=O. The van der Waals surface area contributed by atoms with Gasteiger partial charge in [0.05, 0.1) is 5.41 Å².